The Balaban J connectivity index is 2.09. The number of benzene rings is 2. The molecule has 0 bridgehead atoms. The van der Waals surface area contributed by atoms with Gasteiger partial charge in [0.1, 0.15) is 11.9 Å². The number of Topliss-reactive ketones (excluding diaryl/α,β-unsaturated/α-hetero) is 1. The summed E-state index contributed by atoms with van der Waals surface area (Å²) in [5, 5.41) is 19.3. The number of hydrogen-bond acceptors (Lipinski definition) is 4. The molecule has 128 valence electrons. The molecule has 0 aromatic heterocycles. The summed E-state index contributed by atoms with van der Waals surface area (Å²) in [6, 6.07) is 14.2. The molecule has 2 aromatic rings. The number of carboxylic acids is 1. The number of aliphatic hydroxyl groups excluding tert-OH is 1. The molecule has 3 rings (SSSR count). The highest BCUT2D eigenvalue weighted by Crippen LogP contribution is 2.41. The molecule has 6 heteroatoms. The van der Waals surface area contributed by atoms with E-state index in [-0.39, 0.29) is 11.3 Å². The summed E-state index contributed by atoms with van der Waals surface area (Å²) in [7, 11) is 0. The maximum Gasteiger partial charge on any atom is 0.335 e. The Morgan fingerprint density at radius 3 is 2.12 bits per heavy atom. The van der Waals surface area contributed by atoms with Crippen molar-refractivity contribution in [1.29, 1.82) is 0 Å². The number of ketones is 1. The van der Waals surface area contributed by atoms with Crippen LogP contribution in [0.2, 0.25) is 0 Å². The molecule has 3 atom stereocenters. The SMILES string of the molecule is CC(=O)C1C(O)C(=O)N(c2ccc(C(=O)O)cc2)[C@H]1c1ccccc1. The Hall–Kier alpha value is -2.99. The lowest BCUT2D eigenvalue weighted by atomic mass is 9.89. The van der Waals surface area contributed by atoms with Crippen molar-refractivity contribution in [3.8, 4) is 0 Å². The molecule has 1 heterocycles. The van der Waals surface area contributed by atoms with Gasteiger partial charge in [0.2, 0.25) is 0 Å². The molecule has 0 saturated carbocycles. The third-order valence-electron chi connectivity index (χ3n) is 4.45. The third kappa shape index (κ3) is 2.92. The van der Waals surface area contributed by atoms with Crippen molar-refractivity contribution >= 4 is 23.3 Å². The number of carbonyl (C=O) groups is 3. The second kappa shape index (κ2) is 6.49. The van der Waals surface area contributed by atoms with Crippen LogP contribution in [-0.4, -0.2) is 34.0 Å². The number of hydrogen-bond donors (Lipinski definition) is 2. The van der Waals surface area contributed by atoms with Gasteiger partial charge in [-0.25, -0.2) is 4.79 Å². The molecule has 1 fully saturated rings. The van der Waals surface area contributed by atoms with E-state index in [1.807, 2.05) is 6.07 Å². The van der Waals surface area contributed by atoms with Crippen LogP contribution < -0.4 is 4.90 Å². The Labute approximate surface area is 144 Å². The number of aliphatic hydroxyl groups is 1. The molecule has 2 aromatic carbocycles. The molecule has 1 saturated heterocycles. The quantitative estimate of drug-likeness (QED) is 0.889. The Bertz CT molecular complexity index is 815. The van der Waals surface area contributed by atoms with Crippen LogP contribution in [0, 0.1) is 5.92 Å². The molecular weight excluding hydrogens is 322 g/mol. The molecule has 1 aliphatic heterocycles. The number of carbonyl (C=O) groups excluding carboxylic acids is 2. The molecule has 1 amide bonds. The van der Waals surface area contributed by atoms with E-state index < -0.39 is 29.9 Å². The van der Waals surface area contributed by atoms with E-state index in [4.69, 9.17) is 5.11 Å². The lowest BCUT2D eigenvalue weighted by Gasteiger charge is -2.27. The Kier molecular flexibility index (Phi) is 4.37. The first-order valence-electron chi connectivity index (χ1n) is 7.81. The van der Waals surface area contributed by atoms with Crippen molar-refractivity contribution < 1.29 is 24.6 Å². The first-order chi connectivity index (χ1) is 11.9. The fourth-order valence-electron chi connectivity index (χ4n) is 3.27. The molecule has 6 nitrogen and oxygen atoms in total. The van der Waals surface area contributed by atoms with Gasteiger partial charge in [-0.05, 0) is 36.8 Å². The molecule has 0 aliphatic carbocycles. The van der Waals surface area contributed by atoms with Gasteiger partial charge >= 0.3 is 5.97 Å². The van der Waals surface area contributed by atoms with Crippen molar-refractivity contribution in [2.24, 2.45) is 5.92 Å². The minimum absolute atomic E-state index is 0.0929. The predicted octanol–water partition coefficient (Wildman–Crippen LogP) is 2.04. The van der Waals surface area contributed by atoms with Gasteiger partial charge in [0.15, 0.2) is 0 Å². The van der Waals surface area contributed by atoms with Gasteiger partial charge in [0, 0.05) is 5.69 Å². The highest BCUT2D eigenvalue weighted by atomic mass is 16.4. The smallest absolute Gasteiger partial charge is 0.335 e. The maximum atomic E-state index is 12.6. The van der Waals surface area contributed by atoms with Crippen LogP contribution in [0.25, 0.3) is 0 Å². The van der Waals surface area contributed by atoms with E-state index in [9.17, 15) is 19.5 Å². The average Bonchev–Trinajstić information content (AvgIpc) is 2.87. The zero-order valence-electron chi connectivity index (χ0n) is 13.5. The molecule has 2 unspecified atom stereocenters. The maximum absolute atomic E-state index is 12.6. The van der Waals surface area contributed by atoms with Crippen molar-refractivity contribution in [1.82, 2.24) is 0 Å². The van der Waals surface area contributed by atoms with E-state index in [1.165, 1.54) is 36.1 Å². The van der Waals surface area contributed by atoms with Crippen molar-refractivity contribution in [2.75, 3.05) is 4.90 Å². The van der Waals surface area contributed by atoms with Gasteiger partial charge in [0.25, 0.3) is 5.91 Å². The summed E-state index contributed by atoms with van der Waals surface area (Å²) in [5.74, 6) is -2.80. The van der Waals surface area contributed by atoms with Gasteiger partial charge in [-0.3, -0.25) is 9.59 Å². The summed E-state index contributed by atoms with van der Waals surface area (Å²) >= 11 is 0. The second-order valence-corrected chi connectivity index (χ2v) is 6.00. The van der Waals surface area contributed by atoms with E-state index >= 15 is 0 Å². The summed E-state index contributed by atoms with van der Waals surface area (Å²) in [5.41, 5.74) is 1.26. The lowest BCUT2D eigenvalue weighted by Crippen LogP contribution is -2.30. The normalized spacial score (nSPS) is 22.9. The van der Waals surface area contributed by atoms with Crippen LogP contribution in [0.15, 0.2) is 54.6 Å². The number of carboxylic acid groups (broad SMARTS) is 1. The van der Waals surface area contributed by atoms with Gasteiger partial charge in [-0.15, -0.1) is 0 Å². The summed E-state index contributed by atoms with van der Waals surface area (Å²) in [4.78, 5) is 37.1. The number of nitrogens with zero attached hydrogens (tertiary/aromatic N) is 1. The Morgan fingerprint density at radius 2 is 1.60 bits per heavy atom. The van der Waals surface area contributed by atoms with Crippen LogP contribution in [0.5, 0.6) is 0 Å². The minimum Gasteiger partial charge on any atom is -0.478 e. The highest BCUT2D eigenvalue weighted by molar-refractivity contribution is 6.05. The zero-order valence-corrected chi connectivity index (χ0v) is 13.5. The van der Waals surface area contributed by atoms with Crippen molar-refractivity contribution in [3.63, 3.8) is 0 Å². The summed E-state index contributed by atoms with van der Waals surface area (Å²) in [6.45, 7) is 1.36. The van der Waals surface area contributed by atoms with Crippen LogP contribution in [0.3, 0.4) is 0 Å². The van der Waals surface area contributed by atoms with E-state index in [0.717, 1.165) is 5.56 Å². The van der Waals surface area contributed by atoms with Gasteiger partial charge in [-0.2, -0.15) is 0 Å². The molecule has 2 N–H and O–H groups in total. The van der Waals surface area contributed by atoms with Crippen LogP contribution in [-0.2, 0) is 9.59 Å². The van der Waals surface area contributed by atoms with Gasteiger partial charge in [-0.1, -0.05) is 30.3 Å². The van der Waals surface area contributed by atoms with Gasteiger partial charge < -0.3 is 15.1 Å². The topological polar surface area (TPSA) is 94.9 Å². The summed E-state index contributed by atoms with van der Waals surface area (Å²) < 4.78 is 0. The zero-order chi connectivity index (χ0) is 18.1. The lowest BCUT2D eigenvalue weighted by molar-refractivity contribution is -0.131. The van der Waals surface area contributed by atoms with Crippen LogP contribution in [0.4, 0.5) is 5.69 Å². The van der Waals surface area contributed by atoms with Crippen LogP contribution >= 0.6 is 0 Å². The third-order valence-corrected chi connectivity index (χ3v) is 4.45. The van der Waals surface area contributed by atoms with E-state index in [1.54, 1.807) is 24.3 Å². The number of anilines is 1. The van der Waals surface area contributed by atoms with E-state index in [0.29, 0.717) is 5.69 Å². The van der Waals surface area contributed by atoms with Gasteiger partial charge in [0.05, 0.1) is 17.5 Å². The fraction of sp³-hybridized carbons (Fsp3) is 0.211. The highest BCUT2D eigenvalue weighted by Gasteiger charge is 2.50. The molecule has 1 aliphatic rings. The molecule has 25 heavy (non-hydrogen) atoms. The van der Waals surface area contributed by atoms with Crippen molar-refractivity contribution in [3.05, 3.63) is 65.7 Å². The fourth-order valence-corrected chi connectivity index (χ4v) is 3.27. The molecule has 0 spiro atoms. The largest absolute Gasteiger partial charge is 0.478 e. The number of aromatic carboxylic acids is 1. The standard InChI is InChI=1S/C19H17NO5/c1-11(21)15-16(12-5-3-2-4-6-12)20(18(23)17(15)22)14-9-7-13(8-10-14)19(24)25/h2-10,15-17,22H,1H3,(H,24,25)/t15?,16-,17?/m0/s1. The monoisotopic (exact) mass is 339 g/mol. The first-order valence-corrected chi connectivity index (χ1v) is 7.81. The minimum atomic E-state index is -1.43. The summed E-state index contributed by atoms with van der Waals surface area (Å²) in [6.07, 6.45) is -1.43. The number of rotatable bonds is 4. The predicted molar refractivity (Wildman–Crippen MR) is 90.2 cm³/mol. The average molecular weight is 339 g/mol. The van der Waals surface area contributed by atoms with Crippen molar-refractivity contribution in [2.45, 2.75) is 19.1 Å². The number of amides is 1. The molecule has 0 radical (unpaired) electrons. The first kappa shape index (κ1) is 16.9. The molecular formula is C19H17NO5. The second-order valence-electron chi connectivity index (χ2n) is 6.00. The van der Waals surface area contributed by atoms with E-state index in [2.05, 4.69) is 0 Å². The van der Waals surface area contributed by atoms with Crippen LogP contribution in [0.1, 0.15) is 28.9 Å². The Morgan fingerprint density at radius 1 is 1.00 bits per heavy atom.